The first-order chi connectivity index (χ1) is 12.6. The van der Waals surface area contributed by atoms with E-state index in [1.54, 1.807) is 0 Å². The minimum absolute atomic E-state index is 0.936. The molecule has 0 heterocycles. The molecule has 0 heteroatoms. The van der Waals surface area contributed by atoms with Gasteiger partial charge in [-0.2, -0.15) is 0 Å². The standard InChI is InChI=1S/C26H54/c1-6-8-9-10-11-12-13-14-16-20-24(3)21-17-15-18-22-26(5)23-25(4)19-7-2/h24-26H,6-23H2,1-5H3. The van der Waals surface area contributed by atoms with Crippen molar-refractivity contribution in [2.75, 3.05) is 0 Å². The number of hydrogen-bond acceptors (Lipinski definition) is 0. The van der Waals surface area contributed by atoms with Crippen molar-refractivity contribution in [2.24, 2.45) is 17.8 Å². The van der Waals surface area contributed by atoms with Crippen LogP contribution in [0.1, 0.15) is 150 Å². The minimum Gasteiger partial charge on any atom is -0.0654 e. The zero-order valence-corrected chi connectivity index (χ0v) is 19.5. The van der Waals surface area contributed by atoms with Gasteiger partial charge in [0.1, 0.15) is 0 Å². The van der Waals surface area contributed by atoms with Gasteiger partial charge >= 0.3 is 0 Å². The average Bonchev–Trinajstić information content (AvgIpc) is 2.60. The quantitative estimate of drug-likeness (QED) is 0.188. The molecule has 158 valence electrons. The fourth-order valence-electron chi connectivity index (χ4n) is 4.53. The predicted molar refractivity (Wildman–Crippen MR) is 122 cm³/mol. The molecule has 0 aliphatic rings. The Kier molecular flexibility index (Phi) is 19.8. The summed E-state index contributed by atoms with van der Waals surface area (Å²) >= 11 is 0. The summed E-state index contributed by atoms with van der Waals surface area (Å²) in [5, 5.41) is 0. The van der Waals surface area contributed by atoms with Crippen molar-refractivity contribution < 1.29 is 0 Å². The van der Waals surface area contributed by atoms with E-state index in [9.17, 15) is 0 Å². The van der Waals surface area contributed by atoms with Gasteiger partial charge in [-0.3, -0.25) is 0 Å². The Balaban J connectivity index is 3.32. The van der Waals surface area contributed by atoms with Crippen LogP contribution in [0.15, 0.2) is 0 Å². The van der Waals surface area contributed by atoms with Crippen LogP contribution < -0.4 is 0 Å². The van der Waals surface area contributed by atoms with Crippen molar-refractivity contribution >= 4 is 0 Å². The van der Waals surface area contributed by atoms with Gasteiger partial charge in [0.15, 0.2) is 0 Å². The Bertz CT molecular complexity index is 257. The fourth-order valence-corrected chi connectivity index (χ4v) is 4.53. The smallest absolute Gasteiger partial charge is 0.0440 e. The molecule has 0 aromatic heterocycles. The highest BCUT2D eigenvalue weighted by Gasteiger charge is 2.08. The third kappa shape index (κ3) is 18.8. The van der Waals surface area contributed by atoms with Crippen LogP contribution >= 0.6 is 0 Å². The molecule has 26 heavy (non-hydrogen) atoms. The van der Waals surface area contributed by atoms with Crippen LogP contribution in [0.5, 0.6) is 0 Å². The Morgan fingerprint density at radius 3 is 1.27 bits per heavy atom. The molecule has 0 N–H and O–H groups in total. The molecule has 0 spiro atoms. The molecule has 0 amide bonds. The van der Waals surface area contributed by atoms with Crippen LogP contribution in [0, 0.1) is 17.8 Å². The Labute approximate surface area is 168 Å². The highest BCUT2D eigenvalue weighted by Crippen LogP contribution is 2.23. The minimum atomic E-state index is 0.936. The molecule has 3 atom stereocenters. The van der Waals surface area contributed by atoms with Gasteiger partial charge in [0.05, 0.1) is 0 Å². The summed E-state index contributed by atoms with van der Waals surface area (Å²) in [6.45, 7) is 12.0. The van der Waals surface area contributed by atoms with E-state index in [1.807, 2.05) is 0 Å². The first-order valence-corrected chi connectivity index (χ1v) is 12.6. The molecular formula is C26H54. The van der Waals surface area contributed by atoms with Crippen molar-refractivity contribution in [2.45, 2.75) is 150 Å². The SMILES string of the molecule is CCCCCCCCCCCC(C)CCCCCC(C)CC(C)CCC. The van der Waals surface area contributed by atoms with Crippen molar-refractivity contribution in [3.05, 3.63) is 0 Å². The highest BCUT2D eigenvalue weighted by molar-refractivity contribution is 4.61. The molecule has 0 rings (SSSR count). The summed E-state index contributed by atoms with van der Waals surface area (Å²) in [6, 6.07) is 0. The lowest BCUT2D eigenvalue weighted by Gasteiger charge is -2.17. The Morgan fingerprint density at radius 2 is 0.769 bits per heavy atom. The van der Waals surface area contributed by atoms with Crippen LogP contribution in [0.4, 0.5) is 0 Å². The lowest BCUT2D eigenvalue weighted by Crippen LogP contribution is -2.03. The summed E-state index contributed by atoms with van der Waals surface area (Å²) in [5.74, 6) is 2.84. The molecule has 0 aliphatic carbocycles. The zero-order chi connectivity index (χ0) is 19.5. The van der Waals surface area contributed by atoms with E-state index in [2.05, 4.69) is 34.6 Å². The largest absolute Gasteiger partial charge is 0.0654 e. The highest BCUT2D eigenvalue weighted by atomic mass is 14.1. The van der Waals surface area contributed by atoms with Gasteiger partial charge in [0.25, 0.3) is 0 Å². The second kappa shape index (κ2) is 19.8. The fraction of sp³-hybridized carbons (Fsp3) is 1.00. The first kappa shape index (κ1) is 26.0. The summed E-state index contributed by atoms with van der Waals surface area (Å²) in [6.07, 6.45) is 26.1. The Morgan fingerprint density at radius 1 is 0.385 bits per heavy atom. The molecule has 0 bridgehead atoms. The molecule has 0 aromatic carbocycles. The lowest BCUT2D eigenvalue weighted by molar-refractivity contribution is 0.360. The molecule has 0 aliphatic heterocycles. The monoisotopic (exact) mass is 366 g/mol. The third-order valence-electron chi connectivity index (χ3n) is 6.28. The van der Waals surface area contributed by atoms with Crippen LogP contribution in [-0.2, 0) is 0 Å². The van der Waals surface area contributed by atoms with E-state index in [0.29, 0.717) is 0 Å². The van der Waals surface area contributed by atoms with E-state index in [4.69, 9.17) is 0 Å². The van der Waals surface area contributed by atoms with Gasteiger partial charge in [0, 0.05) is 0 Å². The topological polar surface area (TPSA) is 0 Å². The van der Waals surface area contributed by atoms with E-state index in [0.717, 1.165) is 17.8 Å². The lowest BCUT2D eigenvalue weighted by atomic mass is 9.90. The maximum atomic E-state index is 2.49. The van der Waals surface area contributed by atoms with Crippen LogP contribution in [0.25, 0.3) is 0 Å². The maximum Gasteiger partial charge on any atom is -0.0440 e. The van der Waals surface area contributed by atoms with E-state index in [1.165, 1.54) is 116 Å². The van der Waals surface area contributed by atoms with E-state index >= 15 is 0 Å². The number of hydrogen-bond donors (Lipinski definition) is 0. The molecular weight excluding hydrogens is 312 g/mol. The molecule has 0 fully saturated rings. The molecule has 0 aromatic rings. The summed E-state index contributed by atoms with van der Waals surface area (Å²) < 4.78 is 0. The van der Waals surface area contributed by atoms with Crippen LogP contribution in [-0.4, -0.2) is 0 Å². The second-order valence-corrected chi connectivity index (χ2v) is 9.60. The molecule has 0 radical (unpaired) electrons. The zero-order valence-electron chi connectivity index (χ0n) is 19.5. The van der Waals surface area contributed by atoms with Crippen molar-refractivity contribution in [1.29, 1.82) is 0 Å². The normalized spacial score (nSPS) is 15.1. The molecule has 0 saturated heterocycles. The van der Waals surface area contributed by atoms with Crippen LogP contribution in [0.3, 0.4) is 0 Å². The molecule has 3 unspecified atom stereocenters. The molecule has 0 saturated carbocycles. The van der Waals surface area contributed by atoms with Gasteiger partial charge in [-0.15, -0.1) is 0 Å². The Hall–Kier alpha value is 0. The van der Waals surface area contributed by atoms with E-state index < -0.39 is 0 Å². The molecule has 0 nitrogen and oxygen atoms in total. The van der Waals surface area contributed by atoms with Crippen molar-refractivity contribution in [1.82, 2.24) is 0 Å². The summed E-state index contributed by atoms with van der Waals surface area (Å²) in [7, 11) is 0. The van der Waals surface area contributed by atoms with Crippen molar-refractivity contribution in [3.8, 4) is 0 Å². The van der Waals surface area contributed by atoms with Gasteiger partial charge in [-0.05, 0) is 24.2 Å². The number of rotatable bonds is 20. The second-order valence-electron chi connectivity index (χ2n) is 9.60. The predicted octanol–water partition coefficient (Wildman–Crippen LogP) is 9.96. The van der Waals surface area contributed by atoms with Gasteiger partial charge in [-0.1, -0.05) is 144 Å². The maximum absolute atomic E-state index is 2.49. The first-order valence-electron chi connectivity index (χ1n) is 12.6. The van der Waals surface area contributed by atoms with Crippen molar-refractivity contribution in [3.63, 3.8) is 0 Å². The summed E-state index contributed by atoms with van der Waals surface area (Å²) in [4.78, 5) is 0. The average molecular weight is 367 g/mol. The van der Waals surface area contributed by atoms with Gasteiger partial charge in [0.2, 0.25) is 0 Å². The van der Waals surface area contributed by atoms with Crippen LogP contribution in [0.2, 0.25) is 0 Å². The number of unbranched alkanes of at least 4 members (excludes halogenated alkanes) is 10. The third-order valence-corrected chi connectivity index (χ3v) is 6.28. The van der Waals surface area contributed by atoms with E-state index in [-0.39, 0.29) is 0 Å². The van der Waals surface area contributed by atoms with Gasteiger partial charge < -0.3 is 0 Å². The summed E-state index contributed by atoms with van der Waals surface area (Å²) in [5.41, 5.74) is 0. The van der Waals surface area contributed by atoms with Gasteiger partial charge in [-0.25, -0.2) is 0 Å².